The van der Waals surface area contributed by atoms with Gasteiger partial charge in [-0.2, -0.15) is 0 Å². The molecule has 4 nitrogen and oxygen atoms in total. The Hall–Kier alpha value is -2.37. The number of imidazole rings is 1. The lowest BCUT2D eigenvalue weighted by Gasteiger charge is -2.09. The fraction of sp³-hybridized carbons (Fsp3) is 0.0526. The van der Waals surface area contributed by atoms with E-state index in [1.54, 1.807) is 6.20 Å². The zero-order valence-corrected chi connectivity index (χ0v) is 15.5. The summed E-state index contributed by atoms with van der Waals surface area (Å²) in [7, 11) is 0. The number of anilines is 1. The number of nitrogens with zero attached hydrogens (tertiary/aromatic N) is 3. The van der Waals surface area contributed by atoms with Crippen molar-refractivity contribution in [3.63, 3.8) is 0 Å². The number of fused-ring (bicyclic) bond motifs is 1. The Bertz CT molecular complexity index is 1030. The molecular formula is C19H14BrClN4. The molecule has 0 amide bonds. The molecule has 0 saturated carbocycles. The van der Waals surface area contributed by atoms with Crippen LogP contribution in [0.25, 0.3) is 17.0 Å². The lowest BCUT2D eigenvalue weighted by molar-refractivity contribution is 1.06. The first kappa shape index (κ1) is 16.1. The van der Waals surface area contributed by atoms with Crippen LogP contribution in [0.2, 0.25) is 5.02 Å². The van der Waals surface area contributed by atoms with Crippen molar-refractivity contribution in [2.45, 2.75) is 6.54 Å². The lowest BCUT2D eigenvalue weighted by Crippen LogP contribution is -2.03. The molecule has 1 N–H and O–H groups in total. The number of benzene rings is 2. The van der Waals surface area contributed by atoms with Crippen molar-refractivity contribution in [1.29, 1.82) is 0 Å². The molecule has 124 valence electrons. The average Bonchev–Trinajstić information content (AvgIpc) is 3.00. The molecule has 0 radical (unpaired) electrons. The smallest absolute Gasteiger partial charge is 0.235 e. The number of rotatable bonds is 4. The second-order valence-corrected chi connectivity index (χ2v) is 6.94. The van der Waals surface area contributed by atoms with Gasteiger partial charge in [-0.25, -0.2) is 9.97 Å². The quantitative estimate of drug-likeness (QED) is 0.485. The third kappa shape index (κ3) is 3.38. The first-order valence-electron chi connectivity index (χ1n) is 7.78. The summed E-state index contributed by atoms with van der Waals surface area (Å²) < 4.78 is 2.98. The molecule has 0 atom stereocenters. The number of nitrogens with one attached hydrogen (secondary N) is 1. The van der Waals surface area contributed by atoms with Crippen LogP contribution in [0.5, 0.6) is 0 Å². The van der Waals surface area contributed by atoms with Crippen molar-refractivity contribution in [1.82, 2.24) is 14.4 Å². The third-order valence-corrected chi connectivity index (χ3v) is 4.62. The Morgan fingerprint density at radius 1 is 1.08 bits per heavy atom. The molecule has 0 spiro atoms. The zero-order chi connectivity index (χ0) is 17.2. The van der Waals surface area contributed by atoms with Gasteiger partial charge in [0.25, 0.3) is 0 Å². The minimum absolute atomic E-state index is 0.663. The molecule has 0 bridgehead atoms. The van der Waals surface area contributed by atoms with E-state index in [1.807, 2.05) is 59.1 Å². The third-order valence-electron chi connectivity index (χ3n) is 3.87. The second-order valence-electron chi connectivity index (χ2n) is 5.59. The van der Waals surface area contributed by atoms with Crippen molar-refractivity contribution in [2.75, 3.05) is 5.32 Å². The minimum Gasteiger partial charge on any atom is -0.365 e. The highest BCUT2D eigenvalue weighted by Crippen LogP contribution is 2.30. The molecule has 4 rings (SSSR count). The Kier molecular flexibility index (Phi) is 4.42. The number of hydrogen-bond donors (Lipinski definition) is 1. The molecular weight excluding hydrogens is 400 g/mol. The predicted octanol–water partition coefficient (Wildman–Crippen LogP) is 5.42. The Morgan fingerprint density at radius 2 is 1.92 bits per heavy atom. The Balaban J connectivity index is 1.75. The van der Waals surface area contributed by atoms with Gasteiger partial charge in [-0.05, 0) is 35.9 Å². The highest BCUT2D eigenvalue weighted by molar-refractivity contribution is 9.10. The van der Waals surface area contributed by atoms with Gasteiger partial charge >= 0.3 is 0 Å². The van der Waals surface area contributed by atoms with Crippen molar-refractivity contribution in [3.8, 4) is 11.3 Å². The molecule has 0 fully saturated rings. The molecule has 6 heteroatoms. The molecule has 0 aliphatic heterocycles. The summed E-state index contributed by atoms with van der Waals surface area (Å²) in [5.74, 6) is 1.58. The van der Waals surface area contributed by atoms with Gasteiger partial charge in [0.15, 0.2) is 0 Å². The van der Waals surface area contributed by atoms with Gasteiger partial charge < -0.3 is 5.32 Å². The maximum atomic E-state index is 5.96. The Morgan fingerprint density at radius 3 is 2.72 bits per heavy atom. The summed E-state index contributed by atoms with van der Waals surface area (Å²) in [6.45, 7) is 0.668. The van der Waals surface area contributed by atoms with Crippen LogP contribution >= 0.6 is 27.5 Å². The van der Waals surface area contributed by atoms with Gasteiger partial charge in [0.05, 0.1) is 0 Å². The maximum Gasteiger partial charge on any atom is 0.235 e. The van der Waals surface area contributed by atoms with Crippen LogP contribution in [0.1, 0.15) is 5.56 Å². The minimum atomic E-state index is 0.663. The molecule has 0 saturated heterocycles. The van der Waals surface area contributed by atoms with E-state index >= 15 is 0 Å². The van der Waals surface area contributed by atoms with E-state index in [-0.39, 0.29) is 0 Å². The van der Waals surface area contributed by atoms with Gasteiger partial charge in [-0.1, -0.05) is 51.8 Å². The summed E-state index contributed by atoms with van der Waals surface area (Å²) in [5, 5.41) is 4.23. The normalized spacial score (nSPS) is 11.0. The molecule has 2 heterocycles. The van der Waals surface area contributed by atoms with Crippen LogP contribution < -0.4 is 5.32 Å². The van der Waals surface area contributed by atoms with Gasteiger partial charge in [-0.3, -0.25) is 4.40 Å². The van der Waals surface area contributed by atoms with Crippen LogP contribution in [0.4, 0.5) is 5.82 Å². The van der Waals surface area contributed by atoms with Crippen molar-refractivity contribution in [2.24, 2.45) is 0 Å². The average molecular weight is 414 g/mol. The van der Waals surface area contributed by atoms with Crippen LogP contribution in [-0.4, -0.2) is 14.4 Å². The molecule has 2 aromatic carbocycles. The SMILES string of the molecule is Clc1ccc(CNc2c(-c3cccc(Br)c3)nc3ncccn23)cc1. The maximum absolute atomic E-state index is 5.96. The number of hydrogen-bond acceptors (Lipinski definition) is 3. The van der Waals surface area contributed by atoms with Gasteiger partial charge in [0.1, 0.15) is 11.5 Å². The van der Waals surface area contributed by atoms with Crippen molar-refractivity contribution >= 4 is 39.1 Å². The topological polar surface area (TPSA) is 42.2 Å². The highest BCUT2D eigenvalue weighted by atomic mass is 79.9. The number of halogens is 2. The van der Waals surface area contributed by atoms with Gasteiger partial charge in [0, 0.05) is 34.0 Å². The molecule has 0 unspecified atom stereocenters. The summed E-state index contributed by atoms with van der Waals surface area (Å²) in [6.07, 6.45) is 3.71. The van der Waals surface area contributed by atoms with E-state index in [4.69, 9.17) is 16.6 Å². The standard InChI is InChI=1S/C19H14BrClN4/c20-15-4-1-3-14(11-15)17-18(25-10-2-9-22-19(25)24-17)23-12-13-5-7-16(21)8-6-13/h1-11,23H,12H2. The molecule has 0 aliphatic rings. The first-order valence-corrected chi connectivity index (χ1v) is 8.95. The highest BCUT2D eigenvalue weighted by Gasteiger charge is 2.14. The van der Waals surface area contributed by atoms with E-state index < -0.39 is 0 Å². The summed E-state index contributed by atoms with van der Waals surface area (Å²) >= 11 is 9.49. The van der Waals surface area contributed by atoms with Crippen molar-refractivity contribution in [3.05, 3.63) is 82.0 Å². The van der Waals surface area contributed by atoms with Gasteiger partial charge in [0.2, 0.25) is 5.78 Å². The Labute approximate surface area is 158 Å². The molecule has 2 aromatic heterocycles. The lowest BCUT2D eigenvalue weighted by atomic mass is 10.1. The number of aromatic nitrogens is 3. The summed E-state index contributed by atoms with van der Waals surface area (Å²) in [6, 6.07) is 17.8. The van der Waals surface area contributed by atoms with Crippen LogP contribution in [0.15, 0.2) is 71.5 Å². The summed E-state index contributed by atoms with van der Waals surface area (Å²) in [4.78, 5) is 9.06. The fourth-order valence-electron chi connectivity index (χ4n) is 2.68. The van der Waals surface area contributed by atoms with E-state index in [1.165, 1.54) is 0 Å². The molecule has 4 aromatic rings. The van der Waals surface area contributed by atoms with Crippen LogP contribution in [0, 0.1) is 0 Å². The monoisotopic (exact) mass is 412 g/mol. The molecule has 25 heavy (non-hydrogen) atoms. The van der Waals surface area contributed by atoms with E-state index in [9.17, 15) is 0 Å². The largest absolute Gasteiger partial charge is 0.365 e. The second kappa shape index (κ2) is 6.86. The van der Waals surface area contributed by atoms with Crippen LogP contribution in [-0.2, 0) is 6.54 Å². The van der Waals surface area contributed by atoms with Gasteiger partial charge in [-0.15, -0.1) is 0 Å². The molecule has 0 aliphatic carbocycles. The van der Waals surface area contributed by atoms with E-state index in [2.05, 4.69) is 32.3 Å². The van der Waals surface area contributed by atoms with Crippen molar-refractivity contribution < 1.29 is 0 Å². The van der Waals surface area contributed by atoms with Crippen LogP contribution in [0.3, 0.4) is 0 Å². The zero-order valence-electron chi connectivity index (χ0n) is 13.2. The fourth-order valence-corrected chi connectivity index (χ4v) is 3.21. The predicted molar refractivity (Wildman–Crippen MR) is 105 cm³/mol. The van der Waals surface area contributed by atoms with E-state index in [0.29, 0.717) is 12.3 Å². The summed E-state index contributed by atoms with van der Waals surface area (Å²) in [5.41, 5.74) is 3.04. The first-order chi connectivity index (χ1) is 12.2. The van der Waals surface area contributed by atoms with E-state index in [0.717, 1.165) is 32.1 Å².